The number of aromatic nitrogens is 2. The summed E-state index contributed by atoms with van der Waals surface area (Å²) < 4.78 is 0. The van der Waals surface area contributed by atoms with E-state index in [4.69, 9.17) is 0 Å². The maximum atomic E-state index is 12.9. The number of H-pyrrole nitrogens is 1. The Morgan fingerprint density at radius 2 is 2.08 bits per heavy atom. The summed E-state index contributed by atoms with van der Waals surface area (Å²) in [6, 6.07) is 10.7. The average Bonchev–Trinajstić information content (AvgIpc) is 3.15. The molecule has 1 amide bonds. The Labute approximate surface area is 144 Å². The minimum absolute atomic E-state index is 0.0117. The Morgan fingerprint density at radius 1 is 1.29 bits per heavy atom. The zero-order valence-electron chi connectivity index (χ0n) is 14.7. The summed E-state index contributed by atoms with van der Waals surface area (Å²) in [5.74, 6) is 0.268. The van der Waals surface area contributed by atoms with E-state index in [1.54, 1.807) is 0 Å². The Kier molecular flexibility index (Phi) is 5.03. The van der Waals surface area contributed by atoms with Crippen molar-refractivity contribution < 1.29 is 4.79 Å². The molecule has 1 unspecified atom stereocenters. The summed E-state index contributed by atoms with van der Waals surface area (Å²) in [7, 11) is 0. The largest absolute Gasteiger partial charge is 0.336 e. The number of rotatable bonds is 5. The first-order valence-electron chi connectivity index (χ1n) is 8.91. The van der Waals surface area contributed by atoms with Crippen molar-refractivity contribution in [2.45, 2.75) is 57.4 Å². The van der Waals surface area contributed by atoms with Gasteiger partial charge >= 0.3 is 0 Å². The van der Waals surface area contributed by atoms with Gasteiger partial charge in [0.05, 0.1) is 12.2 Å². The topological polar surface area (TPSA) is 49.0 Å². The highest BCUT2D eigenvalue weighted by Gasteiger charge is 2.30. The molecule has 24 heavy (non-hydrogen) atoms. The van der Waals surface area contributed by atoms with Crippen LogP contribution in [-0.2, 0) is 10.2 Å². The van der Waals surface area contributed by atoms with E-state index in [2.05, 4.69) is 53.2 Å². The van der Waals surface area contributed by atoms with Gasteiger partial charge in [-0.15, -0.1) is 0 Å². The molecule has 4 nitrogen and oxygen atoms in total. The minimum Gasteiger partial charge on any atom is -0.336 e. The fourth-order valence-corrected chi connectivity index (χ4v) is 3.62. The lowest BCUT2D eigenvalue weighted by molar-refractivity contribution is -0.135. The van der Waals surface area contributed by atoms with E-state index < -0.39 is 0 Å². The lowest BCUT2D eigenvalue weighted by atomic mass is 9.80. The molecule has 3 rings (SSSR count). The molecule has 0 spiro atoms. The van der Waals surface area contributed by atoms with Crippen molar-refractivity contribution in [3.63, 3.8) is 0 Å². The summed E-state index contributed by atoms with van der Waals surface area (Å²) in [5, 5.41) is 6.93. The van der Waals surface area contributed by atoms with Gasteiger partial charge in [-0.3, -0.25) is 9.89 Å². The number of amides is 1. The van der Waals surface area contributed by atoms with Crippen LogP contribution in [-0.4, -0.2) is 27.5 Å². The summed E-state index contributed by atoms with van der Waals surface area (Å²) in [6.07, 6.45) is 8.54. The smallest absolute Gasteiger partial charge is 0.223 e. The van der Waals surface area contributed by atoms with E-state index in [9.17, 15) is 4.79 Å². The highest BCUT2D eigenvalue weighted by Crippen LogP contribution is 2.33. The van der Waals surface area contributed by atoms with Gasteiger partial charge in [0, 0.05) is 24.7 Å². The van der Waals surface area contributed by atoms with Gasteiger partial charge < -0.3 is 4.90 Å². The molecule has 0 bridgehead atoms. The molecule has 1 N–H and O–H groups in total. The van der Waals surface area contributed by atoms with Crippen molar-refractivity contribution >= 4 is 5.91 Å². The second kappa shape index (κ2) is 7.20. The molecule has 0 radical (unpaired) electrons. The van der Waals surface area contributed by atoms with E-state index in [0.29, 0.717) is 6.42 Å². The highest BCUT2D eigenvalue weighted by molar-refractivity contribution is 5.77. The number of nitrogens with zero attached hydrogens (tertiary/aromatic N) is 2. The molecule has 1 aliphatic rings. The van der Waals surface area contributed by atoms with Gasteiger partial charge in [0.25, 0.3) is 0 Å². The number of benzene rings is 1. The lowest BCUT2D eigenvalue weighted by Gasteiger charge is -2.36. The number of carbonyl (C=O) groups excluding carboxylic acids is 1. The van der Waals surface area contributed by atoms with Crippen LogP contribution < -0.4 is 0 Å². The molecule has 2 aromatic rings. The summed E-state index contributed by atoms with van der Waals surface area (Å²) in [5.41, 5.74) is 2.44. The molecule has 1 saturated heterocycles. The van der Waals surface area contributed by atoms with Crippen LogP contribution in [0, 0.1) is 0 Å². The Balaban J connectivity index is 1.65. The monoisotopic (exact) mass is 325 g/mol. The molecule has 0 saturated carbocycles. The fourth-order valence-electron chi connectivity index (χ4n) is 3.62. The maximum Gasteiger partial charge on any atom is 0.223 e. The van der Waals surface area contributed by atoms with Crippen LogP contribution in [0.1, 0.15) is 63.1 Å². The zero-order valence-corrected chi connectivity index (χ0v) is 14.7. The Morgan fingerprint density at radius 3 is 2.79 bits per heavy atom. The van der Waals surface area contributed by atoms with Gasteiger partial charge in [-0.1, -0.05) is 44.2 Å². The molecule has 0 aliphatic carbocycles. The molecule has 2 heterocycles. The van der Waals surface area contributed by atoms with Gasteiger partial charge in [0.2, 0.25) is 5.91 Å². The number of nitrogens with one attached hydrogen (secondary N) is 1. The number of hydrogen-bond donors (Lipinski definition) is 1. The zero-order chi connectivity index (χ0) is 17.0. The van der Waals surface area contributed by atoms with Gasteiger partial charge in [0.15, 0.2) is 0 Å². The average molecular weight is 325 g/mol. The minimum atomic E-state index is 0.0117. The van der Waals surface area contributed by atoms with Gasteiger partial charge in [-0.05, 0) is 36.7 Å². The van der Waals surface area contributed by atoms with Crippen LogP contribution in [0.15, 0.2) is 42.7 Å². The second-order valence-electron chi connectivity index (χ2n) is 7.38. The molecule has 1 atom stereocenters. The van der Waals surface area contributed by atoms with Gasteiger partial charge in [-0.25, -0.2) is 0 Å². The first-order valence-corrected chi connectivity index (χ1v) is 8.91. The van der Waals surface area contributed by atoms with Crippen LogP contribution in [0.5, 0.6) is 0 Å². The van der Waals surface area contributed by atoms with Crippen LogP contribution in [0.4, 0.5) is 0 Å². The third kappa shape index (κ3) is 3.69. The number of hydrogen-bond acceptors (Lipinski definition) is 2. The molecule has 1 aliphatic heterocycles. The first kappa shape index (κ1) is 16.7. The second-order valence-corrected chi connectivity index (χ2v) is 7.38. The number of aromatic amines is 1. The molecular formula is C20H27N3O. The number of piperidine rings is 1. The van der Waals surface area contributed by atoms with Crippen molar-refractivity contribution in [2.24, 2.45) is 0 Å². The van der Waals surface area contributed by atoms with Crippen LogP contribution in [0.2, 0.25) is 0 Å². The van der Waals surface area contributed by atoms with E-state index in [1.807, 2.05) is 18.5 Å². The van der Waals surface area contributed by atoms with Gasteiger partial charge in [0.1, 0.15) is 0 Å². The Bertz CT molecular complexity index is 649. The molecule has 1 aromatic carbocycles. The lowest BCUT2D eigenvalue weighted by Crippen LogP contribution is -2.39. The number of likely N-dealkylation sites (tertiary alicyclic amines) is 1. The van der Waals surface area contributed by atoms with E-state index >= 15 is 0 Å². The van der Waals surface area contributed by atoms with Crippen LogP contribution >= 0.6 is 0 Å². The third-order valence-corrected chi connectivity index (χ3v) is 5.25. The molecule has 4 heteroatoms. The van der Waals surface area contributed by atoms with E-state index in [0.717, 1.165) is 31.4 Å². The molecule has 1 fully saturated rings. The van der Waals surface area contributed by atoms with Crippen molar-refractivity contribution in [3.8, 4) is 0 Å². The molecule has 1 aromatic heterocycles. The van der Waals surface area contributed by atoms with Crippen molar-refractivity contribution in [1.82, 2.24) is 15.1 Å². The molecule has 128 valence electrons. The van der Waals surface area contributed by atoms with Crippen molar-refractivity contribution in [3.05, 3.63) is 53.9 Å². The highest BCUT2D eigenvalue weighted by atomic mass is 16.2. The predicted molar refractivity (Wildman–Crippen MR) is 95.6 cm³/mol. The van der Waals surface area contributed by atoms with Crippen molar-refractivity contribution in [2.75, 3.05) is 6.54 Å². The van der Waals surface area contributed by atoms with E-state index in [1.165, 1.54) is 12.0 Å². The summed E-state index contributed by atoms with van der Waals surface area (Å²) in [4.78, 5) is 14.9. The van der Waals surface area contributed by atoms with Gasteiger partial charge in [-0.2, -0.15) is 5.10 Å². The fraction of sp³-hybridized carbons (Fsp3) is 0.500. The normalized spacial score (nSPS) is 18.6. The standard InChI is InChI=1S/C20H27N3O/c1-20(2,17-8-4-3-5-9-17)12-11-19(24)23-13-7-6-10-18(23)16-14-21-22-15-16/h3-5,8-9,14-15,18H,6-7,10-13H2,1-2H3,(H,21,22). The number of carbonyl (C=O) groups is 1. The predicted octanol–water partition coefficient (Wildman–Crippen LogP) is 4.22. The Hall–Kier alpha value is -2.10. The summed E-state index contributed by atoms with van der Waals surface area (Å²) in [6.45, 7) is 5.30. The molecular weight excluding hydrogens is 298 g/mol. The third-order valence-electron chi connectivity index (χ3n) is 5.25. The van der Waals surface area contributed by atoms with Crippen molar-refractivity contribution in [1.29, 1.82) is 0 Å². The maximum absolute atomic E-state index is 12.9. The van der Waals surface area contributed by atoms with Crippen LogP contribution in [0.25, 0.3) is 0 Å². The quantitative estimate of drug-likeness (QED) is 0.894. The summed E-state index contributed by atoms with van der Waals surface area (Å²) >= 11 is 0. The SMILES string of the molecule is CC(C)(CCC(=O)N1CCCCC1c1cn[nH]c1)c1ccccc1. The van der Waals surface area contributed by atoms with E-state index in [-0.39, 0.29) is 17.4 Å². The first-order chi connectivity index (χ1) is 11.6. The van der Waals surface area contributed by atoms with Crippen LogP contribution in [0.3, 0.4) is 0 Å².